The number of aromatic nitrogens is 2. The summed E-state index contributed by atoms with van der Waals surface area (Å²) in [6.45, 7) is 0.800. The van der Waals surface area contributed by atoms with Crippen molar-refractivity contribution in [3.63, 3.8) is 0 Å². The van der Waals surface area contributed by atoms with Gasteiger partial charge >= 0.3 is 0 Å². The Kier molecular flexibility index (Phi) is 5.70. The van der Waals surface area contributed by atoms with E-state index in [2.05, 4.69) is 26.4 Å². The van der Waals surface area contributed by atoms with E-state index in [-0.39, 0.29) is 24.5 Å². The summed E-state index contributed by atoms with van der Waals surface area (Å²) in [5, 5.41) is 18.1. The first-order chi connectivity index (χ1) is 13.3. The van der Waals surface area contributed by atoms with E-state index in [4.69, 9.17) is 9.26 Å². The molecule has 3 rings (SSSR count). The van der Waals surface area contributed by atoms with E-state index < -0.39 is 23.0 Å². The molecule has 2 N–H and O–H groups in total. The number of carbonyl (C=O) groups excluding carboxylic acids is 2. The van der Waals surface area contributed by atoms with E-state index in [1.807, 2.05) is 0 Å². The maximum absolute atomic E-state index is 12.6. The minimum atomic E-state index is -0.933. The number of amides is 2. The SMILES string of the molecule is COCCN1CN(C)n2cc(C(=O)NCc3cc(Br)no3)c(=O)c(O)c2C1=O. The van der Waals surface area contributed by atoms with E-state index in [0.717, 1.165) is 0 Å². The van der Waals surface area contributed by atoms with E-state index in [9.17, 15) is 19.5 Å². The second-order valence-corrected chi connectivity index (χ2v) is 6.89. The molecular weight excluding hydrogens is 438 g/mol. The Balaban J connectivity index is 1.88. The Morgan fingerprint density at radius 1 is 1.46 bits per heavy atom. The highest BCUT2D eigenvalue weighted by Crippen LogP contribution is 2.20. The first-order valence-electron chi connectivity index (χ1n) is 8.21. The van der Waals surface area contributed by atoms with Crippen LogP contribution in [0.15, 0.2) is 26.2 Å². The third-order valence-electron chi connectivity index (χ3n) is 4.16. The molecule has 0 fully saturated rings. The molecule has 150 valence electrons. The highest BCUT2D eigenvalue weighted by molar-refractivity contribution is 9.10. The third-order valence-corrected chi connectivity index (χ3v) is 4.53. The van der Waals surface area contributed by atoms with E-state index in [1.54, 1.807) is 18.1 Å². The topological polar surface area (TPSA) is 130 Å². The minimum Gasteiger partial charge on any atom is -0.502 e. The lowest BCUT2D eigenvalue weighted by Gasteiger charge is -2.37. The number of nitrogens with zero attached hydrogens (tertiary/aromatic N) is 4. The molecule has 0 saturated heterocycles. The zero-order chi connectivity index (χ0) is 20.4. The number of carbonyl (C=O) groups is 2. The highest BCUT2D eigenvalue weighted by Gasteiger charge is 2.32. The largest absolute Gasteiger partial charge is 0.502 e. The standard InChI is InChI=1S/C16H18BrN5O6/c1-20-8-21(3-4-27-2)16(26)12-14(24)13(23)10(7-22(12)20)15(25)18-6-9-5-11(17)19-28-9/h5,7,24H,3-4,6,8H2,1-2H3,(H,18,25). The van der Waals surface area contributed by atoms with Gasteiger partial charge in [-0.1, -0.05) is 5.16 Å². The number of halogens is 1. The third kappa shape index (κ3) is 3.73. The molecule has 0 atom stereocenters. The summed E-state index contributed by atoms with van der Waals surface area (Å²) in [5.74, 6) is -1.65. The van der Waals surface area contributed by atoms with Gasteiger partial charge in [0.1, 0.15) is 16.8 Å². The molecule has 1 aliphatic heterocycles. The van der Waals surface area contributed by atoms with Crippen LogP contribution in [0.3, 0.4) is 0 Å². The Bertz CT molecular complexity index is 971. The van der Waals surface area contributed by atoms with E-state index in [0.29, 0.717) is 23.5 Å². The lowest BCUT2D eigenvalue weighted by molar-refractivity contribution is 0.0629. The average Bonchev–Trinajstić information content (AvgIpc) is 3.08. The smallest absolute Gasteiger partial charge is 0.277 e. The van der Waals surface area contributed by atoms with Crippen molar-refractivity contribution >= 4 is 27.7 Å². The fourth-order valence-electron chi connectivity index (χ4n) is 2.76. The van der Waals surface area contributed by atoms with Crippen LogP contribution in [-0.2, 0) is 11.3 Å². The van der Waals surface area contributed by atoms with Crippen LogP contribution in [0.25, 0.3) is 0 Å². The summed E-state index contributed by atoms with van der Waals surface area (Å²) in [5.41, 5.74) is -1.44. The number of pyridine rings is 1. The van der Waals surface area contributed by atoms with Crippen molar-refractivity contribution in [3.8, 4) is 5.75 Å². The lowest BCUT2D eigenvalue weighted by atomic mass is 10.1. The van der Waals surface area contributed by atoms with Crippen LogP contribution < -0.4 is 15.8 Å². The molecule has 11 nitrogen and oxygen atoms in total. The van der Waals surface area contributed by atoms with Gasteiger partial charge in [0, 0.05) is 33.0 Å². The lowest BCUT2D eigenvalue weighted by Crippen LogP contribution is -2.53. The number of ether oxygens (including phenoxy) is 1. The molecule has 2 aromatic rings. The van der Waals surface area contributed by atoms with Gasteiger partial charge in [0.05, 0.1) is 13.2 Å². The van der Waals surface area contributed by atoms with Crippen molar-refractivity contribution in [2.24, 2.45) is 0 Å². The van der Waals surface area contributed by atoms with E-state index in [1.165, 1.54) is 22.9 Å². The Morgan fingerprint density at radius 3 is 2.86 bits per heavy atom. The zero-order valence-electron chi connectivity index (χ0n) is 15.1. The van der Waals surface area contributed by atoms with Gasteiger partial charge in [0.2, 0.25) is 5.43 Å². The van der Waals surface area contributed by atoms with Crippen molar-refractivity contribution in [1.82, 2.24) is 20.0 Å². The molecule has 0 aliphatic carbocycles. The van der Waals surface area contributed by atoms with Crippen LogP contribution in [0.4, 0.5) is 0 Å². The number of aromatic hydroxyl groups is 1. The molecule has 1 aliphatic rings. The van der Waals surface area contributed by atoms with Gasteiger partial charge in [-0.25, -0.2) is 0 Å². The van der Waals surface area contributed by atoms with E-state index >= 15 is 0 Å². The molecule has 0 bridgehead atoms. The summed E-state index contributed by atoms with van der Waals surface area (Å²) >= 11 is 3.13. The summed E-state index contributed by atoms with van der Waals surface area (Å²) in [6, 6.07) is 1.57. The molecule has 2 amide bonds. The predicted octanol–water partition coefficient (Wildman–Crippen LogP) is -0.138. The van der Waals surface area contributed by atoms with Gasteiger partial charge in [-0.05, 0) is 15.9 Å². The summed E-state index contributed by atoms with van der Waals surface area (Å²) in [6.07, 6.45) is 1.23. The molecule has 0 radical (unpaired) electrons. The first-order valence-corrected chi connectivity index (χ1v) is 9.00. The zero-order valence-corrected chi connectivity index (χ0v) is 16.7. The number of hydrogen-bond acceptors (Lipinski definition) is 8. The fourth-order valence-corrected chi connectivity index (χ4v) is 3.08. The van der Waals surface area contributed by atoms with Gasteiger partial charge in [0.25, 0.3) is 11.8 Å². The maximum atomic E-state index is 12.6. The Hall–Kier alpha value is -2.86. The Labute approximate surface area is 167 Å². The molecule has 2 aromatic heterocycles. The number of methoxy groups -OCH3 is 1. The van der Waals surface area contributed by atoms with Gasteiger partial charge in [0.15, 0.2) is 17.2 Å². The van der Waals surface area contributed by atoms with Crippen molar-refractivity contribution in [3.05, 3.63) is 44.1 Å². The first kappa shape index (κ1) is 19.9. The number of fused-ring (bicyclic) bond motifs is 1. The van der Waals surface area contributed by atoms with Crippen molar-refractivity contribution in [2.45, 2.75) is 6.54 Å². The number of rotatable bonds is 6. The predicted molar refractivity (Wildman–Crippen MR) is 99.7 cm³/mol. The monoisotopic (exact) mass is 455 g/mol. The second kappa shape index (κ2) is 8.02. The summed E-state index contributed by atoms with van der Waals surface area (Å²) in [7, 11) is 3.17. The summed E-state index contributed by atoms with van der Waals surface area (Å²) < 4.78 is 11.7. The minimum absolute atomic E-state index is 0.00104. The number of hydrogen-bond donors (Lipinski definition) is 2. The van der Waals surface area contributed by atoms with Gasteiger partial charge in [-0.2, -0.15) is 0 Å². The van der Waals surface area contributed by atoms with Crippen LogP contribution in [0, 0.1) is 0 Å². The molecule has 0 saturated carbocycles. The highest BCUT2D eigenvalue weighted by atomic mass is 79.9. The Morgan fingerprint density at radius 2 is 2.21 bits per heavy atom. The van der Waals surface area contributed by atoms with Crippen LogP contribution in [0.5, 0.6) is 5.75 Å². The van der Waals surface area contributed by atoms with Crippen LogP contribution >= 0.6 is 15.9 Å². The van der Waals surface area contributed by atoms with Crippen molar-refractivity contribution in [1.29, 1.82) is 0 Å². The van der Waals surface area contributed by atoms with Gasteiger partial charge < -0.3 is 24.6 Å². The maximum Gasteiger partial charge on any atom is 0.277 e. The van der Waals surface area contributed by atoms with Crippen LogP contribution in [0.2, 0.25) is 0 Å². The fraction of sp³-hybridized carbons (Fsp3) is 0.375. The summed E-state index contributed by atoms with van der Waals surface area (Å²) in [4.78, 5) is 39.0. The molecule has 0 aromatic carbocycles. The molecule has 3 heterocycles. The van der Waals surface area contributed by atoms with Gasteiger partial charge in [-0.15, -0.1) is 0 Å². The number of nitrogens with one attached hydrogen (secondary N) is 1. The molecular formula is C16H18BrN5O6. The average molecular weight is 456 g/mol. The van der Waals surface area contributed by atoms with Crippen LogP contribution in [0.1, 0.15) is 26.6 Å². The molecule has 0 unspecified atom stereocenters. The quantitative estimate of drug-likeness (QED) is 0.615. The van der Waals surface area contributed by atoms with Crippen molar-refractivity contribution < 1.29 is 24.0 Å². The molecule has 0 spiro atoms. The van der Waals surface area contributed by atoms with Crippen LogP contribution in [-0.4, -0.2) is 65.6 Å². The normalized spacial score (nSPS) is 13.6. The molecule has 28 heavy (non-hydrogen) atoms. The van der Waals surface area contributed by atoms with Crippen molar-refractivity contribution in [2.75, 3.05) is 39.0 Å². The molecule has 12 heteroatoms. The van der Waals surface area contributed by atoms with Gasteiger partial charge in [-0.3, -0.25) is 24.1 Å². The second-order valence-electron chi connectivity index (χ2n) is 6.07.